The summed E-state index contributed by atoms with van der Waals surface area (Å²) in [5, 5.41) is 4.00. The first-order valence-corrected chi connectivity index (χ1v) is 8.10. The van der Waals surface area contributed by atoms with E-state index in [1.165, 1.54) is 0 Å². The van der Waals surface area contributed by atoms with E-state index in [-0.39, 0.29) is 18.6 Å². The molecule has 1 N–H and O–H groups in total. The third kappa shape index (κ3) is 4.29. The molecule has 1 aliphatic rings. The second-order valence-corrected chi connectivity index (χ2v) is 5.80. The Morgan fingerprint density at radius 2 is 1.92 bits per heavy atom. The highest BCUT2D eigenvalue weighted by Gasteiger charge is 2.26. The molecule has 1 heterocycles. The minimum Gasteiger partial charge on any atom is -0.490 e. The molecule has 6 heteroatoms. The van der Waals surface area contributed by atoms with E-state index >= 15 is 0 Å². The molecule has 1 amide bonds. The van der Waals surface area contributed by atoms with Crippen molar-refractivity contribution >= 4 is 12.1 Å². The lowest BCUT2D eigenvalue weighted by Gasteiger charge is -2.24. The van der Waals surface area contributed by atoms with Crippen LogP contribution in [-0.4, -0.2) is 30.9 Å². The number of carbonyl (C=O) groups excluding carboxylic acids is 1. The van der Waals surface area contributed by atoms with Crippen molar-refractivity contribution in [2.24, 2.45) is 5.10 Å². The van der Waals surface area contributed by atoms with Crippen LogP contribution in [0, 0.1) is 0 Å². The standard InChI is InChI=1S/C19H20N2O4/c1-13(2)24-15-8-4-3-7-14(15)11-20-21-19(22)18-12-23-16-9-5-6-10-17(16)25-18/h3-11,13,18H,12H2,1-2H3,(H,21,22)/b20-11+. The lowest BCUT2D eigenvalue weighted by molar-refractivity contribution is -0.130. The van der Waals surface area contributed by atoms with Crippen molar-refractivity contribution in [2.45, 2.75) is 26.1 Å². The van der Waals surface area contributed by atoms with Gasteiger partial charge in [-0.25, -0.2) is 5.43 Å². The lowest BCUT2D eigenvalue weighted by atomic mass is 10.2. The predicted octanol–water partition coefficient (Wildman–Crippen LogP) is 2.76. The van der Waals surface area contributed by atoms with E-state index in [2.05, 4.69) is 10.5 Å². The molecular formula is C19H20N2O4. The number of ether oxygens (including phenoxy) is 3. The zero-order valence-electron chi connectivity index (χ0n) is 14.1. The van der Waals surface area contributed by atoms with Crippen molar-refractivity contribution in [1.29, 1.82) is 0 Å². The Bertz CT molecular complexity index is 774. The van der Waals surface area contributed by atoms with Gasteiger partial charge in [0.25, 0.3) is 5.91 Å². The lowest BCUT2D eigenvalue weighted by Crippen LogP contribution is -2.42. The fourth-order valence-corrected chi connectivity index (χ4v) is 2.33. The van der Waals surface area contributed by atoms with Crippen LogP contribution in [0.15, 0.2) is 53.6 Å². The van der Waals surface area contributed by atoms with Gasteiger partial charge < -0.3 is 14.2 Å². The molecule has 0 saturated heterocycles. The Hall–Kier alpha value is -3.02. The van der Waals surface area contributed by atoms with Crippen molar-refractivity contribution < 1.29 is 19.0 Å². The van der Waals surface area contributed by atoms with Crippen LogP contribution in [0.1, 0.15) is 19.4 Å². The highest BCUT2D eigenvalue weighted by atomic mass is 16.6. The van der Waals surface area contributed by atoms with Crippen molar-refractivity contribution in [3.05, 3.63) is 54.1 Å². The van der Waals surface area contributed by atoms with Crippen LogP contribution in [-0.2, 0) is 4.79 Å². The molecule has 0 aromatic heterocycles. The minimum absolute atomic E-state index is 0.0528. The number of fused-ring (bicyclic) bond motifs is 1. The summed E-state index contributed by atoms with van der Waals surface area (Å²) in [6.07, 6.45) is 0.860. The van der Waals surface area contributed by atoms with Gasteiger partial charge in [-0.1, -0.05) is 24.3 Å². The summed E-state index contributed by atoms with van der Waals surface area (Å²) in [6.45, 7) is 4.05. The van der Waals surface area contributed by atoms with Gasteiger partial charge in [0.1, 0.15) is 12.4 Å². The molecule has 3 rings (SSSR count). The van der Waals surface area contributed by atoms with Crippen molar-refractivity contribution in [1.82, 2.24) is 5.43 Å². The number of hydrogen-bond donors (Lipinski definition) is 1. The number of hydrazone groups is 1. The van der Waals surface area contributed by atoms with Crippen LogP contribution < -0.4 is 19.6 Å². The number of nitrogens with zero attached hydrogens (tertiary/aromatic N) is 1. The number of nitrogens with one attached hydrogen (secondary N) is 1. The topological polar surface area (TPSA) is 69.2 Å². The first-order chi connectivity index (χ1) is 12.1. The summed E-state index contributed by atoms with van der Waals surface area (Å²) >= 11 is 0. The maximum Gasteiger partial charge on any atom is 0.284 e. The number of amides is 1. The molecule has 25 heavy (non-hydrogen) atoms. The van der Waals surface area contributed by atoms with Gasteiger partial charge in [-0.15, -0.1) is 0 Å². The molecular weight excluding hydrogens is 320 g/mol. The molecule has 1 unspecified atom stereocenters. The number of benzene rings is 2. The smallest absolute Gasteiger partial charge is 0.284 e. The first-order valence-electron chi connectivity index (χ1n) is 8.10. The maximum atomic E-state index is 12.2. The van der Waals surface area contributed by atoms with Crippen LogP contribution in [0.3, 0.4) is 0 Å². The van der Waals surface area contributed by atoms with Gasteiger partial charge in [0.15, 0.2) is 11.5 Å². The summed E-state index contributed by atoms with van der Waals surface area (Å²) in [5.41, 5.74) is 3.26. The fraction of sp³-hybridized carbons (Fsp3) is 0.263. The number of para-hydroxylation sites is 3. The van der Waals surface area contributed by atoms with E-state index in [1.807, 2.05) is 50.2 Å². The minimum atomic E-state index is -0.741. The summed E-state index contributed by atoms with van der Waals surface area (Å²) in [5.74, 6) is 1.53. The largest absolute Gasteiger partial charge is 0.490 e. The molecule has 0 bridgehead atoms. The molecule has 130 valence electrons. The van der Waals surface area contributed by atoms with Crippen molar-refractivity contribution in [3.8, 4) is 17.2 Å². The van der Waals surface area contributed by atoms with Gasteiger partial charge in [0.05, 0.1) is 12.3 Å². The van der Waals surface area contributed by atoms with E-state index in [0.29, 0.717) is 17.2 Å². The zero-order valence-corrected chi connectivity index (χ0v) is 14.1. The average molecular weight is 340 g/mol. The predicted molar refractivity (Wildman–Crippen MR) is 94.3 cm³/mol. The fourth-order valence-electron chi connectivity index (χ4n) is 2.33. The van der Waals surface area contributed by atoms with Crippen LogP contribution in [0.2, 0.25) is 0 Å². The molecule has 0 aliphatic carbocycles. The Morgan fingerprint density at radius 3 is 2.72 bits per heavy atom. The highest BCUT2D eigenvalue weighted by Crippen LogP contribution is 2.30. The molecule has 2 aromatic carbocycles. The highest BCUT2D eigenvalue weighted by molar-refractivity contribution is 5.86. The first kappa shape index (κ1) is 16.8. The Balaban J connectivity index is 1.61. The van der Waals surface area contributed by atoms with Crippen molar-refractivity contribution in [3.63, 3.8) is 0 Å². The average Bonchev–Trinajstić information content (AvgIpc) is 2.62. The number of carbonyl (C=O) groups is 1. The van der Waals surface area contributed by atoms with E-state index in [4.69, 9.17) is 14.2 Å². The Labute approximate surface area is 146 Å². The summed E-state index contributed by atoms with van der Waals surface area (Å²) < 4.78 is 16.9. The van der Waals surface area contributed by atoms with Crippen LogP contribution >= 0.6 is 0 Å². The van der Waals surface area contributed by atoms with Crippen LogP contribution in [0.25, 0.3) is 0 Å². The Morgan fingerprint density at radius 1 is 1.20 bits per heavy atom. The summed E-state index contributed by atoms with van der Waals surface area (Å²) in [6, 6.07) is 14.7. The molecule has 2 aromatic rings. The van der Waals surface area contributed by atoms with E-state index < -0.39 is 6.10 Å². The molecule has 0 fully saturated rings. The van der Waals surface area contributed by atoms with Gasteiger partial charge >= 0.3 is 0 Å². The normalized spacial score (nSPS) is 16.0. The quantitative estimate of drug-likeness (QED) is 0.671. The Kier molecular flexibility index (Phi) is 5.18. The maximum absolute atomic E-state index is 12.2. The van der Waals surface area contributed by atoms with Gasteiger partial charge in [0, 0.05) is 5.56 Å². The zero-order chi connectivity index (χ0) is 17.6. The van der Waals surface area contributed by atoms with E-state index in [1.54, 1.807) is 18.3 Å². The van der Waals surface area contributed by atoms with E-state index in [0.717, 1.165) is 5.56 Å². The summed E-state index contributed by atoms with van der Waals surface area (Å²) in [4.78, 5) is 12.2. The molecule has 0 spiro atoms. The van der Waals surface area contributed by atoms with Gasteiger partial charge in [-0.05, 0) is 38.1 Å². The summed E-state index contributed by atoms with van der Waals surface area (Å²) in [7, 11) is 0. The third-order valence-electron chi connectivity index (χ3n) is 3.46. The van der Waals surface area contributed by atoms with E-state index in [9.17, 15) is 4.79 Å². The molecule has 0 saturated carbocycles. The molecule has 0 radical (unpaired) electrons. The molecule has 1 atom stereocenters. The molecule has 1 aliphatic heterocycles. The second-order valence-electron chi connectivity index (χ2n) is 5.80. The van der Waals surface area contributed by atoms with Gasteiger partial charge in [-0.3, -0.25) is 4.79 Å². The molecule has 6 nitrogen and oxygen atoms in total. The second kappa shape index (κ2) is 7.70. The third-order valence-corrected chi connectivity index (χ3v) is 3.46. The SMILES string of the molecule is CC(C)Oc1ccccc1/C=N/NC(=O)C1COc2ccccc2O1. The monoisotopic (exact) mass is 340 g/mol. The van der Waals surface area contributed by atoms with Gasteiger partial charge in [0.2, 0.25) is 6.10 Å². The van der Waals surface area contributed by atoms with Crippen LogP contribution in [0.4, 0.5) is 0 Å². The van der Waals surface area contributed by atoms with Crippen molar-refractivity contribution in [2.75, 3.05) is 6.61 Å². The number of rotatable bonds is 5. The van der Waals surface area contributed by atoms with Crippen LogP contribution in [0.5, 0.6) is 17.2 Å². The number of hydrogen-bond acceptors (Lipinski definition) is 5. The van der Waals surface area contributed by atoms with Gasteiger partial charge in [-0.2, -0.15) is 5.10 Å².